The average Bonchev–Trinajstić information content (AvgIpc) is 3.30. The van der Waals surface area contributed by atoms with E-state index < -0.39 is 0 Å². The molecule has 2 aliphatic rings. The van der Waals surface area contributed by atoms with Crippen LogP contribution in [0.15, 0.2) is 65.7 Å². The van der Waals surface area contributed by atoms with E-state index in [1.54, 1.807) is 0 Å². The lowest BCUT2D eigenvalue weighted by Gasteiger charge is -2.39. The van der Waals surface area contributed by atoms with Crippen molar-refractivity contribution in [1.82, 2.24) is 10.2 Å². The molecule has 0 aromatic heterocycles. The second-order valence-electron chi connectivity index (χ2n) is 8.76. The molecule has 2 heterocycles. The lowest BCUT2D eigenvalue weighted by atomic mass is 9.74. The minimum Gasteiger partial charge on any atom is -0.381 e. The van der Waals surface area contributed by atoms with E-state index in [0.29, 0.717) is 12.5 Å². The van der Waals surface area contributed by atoms with Crippen molar-refractivity contribution in [2.45, 2.75) is 31.3 Å². The number of nitrogens with zero attached hydrogens (tertiary/aromatic N) is 2. The van der Waals surface area contributed by atoms with Crippen molar-refractivity contribution in [3.8, 4) is 0 Å². The highest BCUT2D eigenvalue weighted by molar-refractivity contribution is 5.80. The molecule has 0 bridgehead atoms. The van der Waals surface area contributed by atoms with Gasteiger partial charge in [-0.1, -0.05) is 60.7 Å². The molecule has 166 valence electrons. The van der Waals surface area contributed by atoms with Crippen molar-refractivity contribution in [2.75, 3.05) is 46.5 Å². The Morgan fingerprint density at radius 2 is 1.81 bits per heavy atom. The summed E-state index contributed by atoms with van der Waals surface area (Å²) in [6, 6.07) is 21.3. The predicted molar refractivity (Wildman–Crippen MR) is 125 cm³/mol. The van der Waals surface area contributed by atoms with Crippen LogP contribution in [0.1, 0.15) is 30.4 Å². The number of guanidine groups is 1. The monoisotopic (exact) mass is 421 g/mol. The third-order valence-corrected chi connectivity index (χ3v) is 6.68. The summed E-state index contributed by atoms with van der Waals surface area (Å²) in [5.74, 6) is 1.56. The number of benzene rings is 2. The summed E-state index contributed by atoms with van der Waals surface area (Å²) in [6.07, 6.45) is 3.22. The van der Waals surface area contributed by atoms with Crippen molar-refractivity contribution < 1.29 is 9.47 Å². The highest BCUT2D eigenvalue weighted by Crippen LogP contribution is 2.34. The number of rotatable bonds is 7. The summed E-state index contributed by atoms with van der Waals surface area (Å²) in [5.41, 5.74) is 2.74. The summed E-state index contributed by atoms with van der Waals surface area (Å²) in [5, 5.41) is 3.70. The maximum absolute atomic E-state index is 5.99. The van der Waals surface area contributed by atoms with Crippen LogP contribution in [0, 0.1) is 5.92 Å². The molecule has 0 radical (unpaired) electrons. The second kappa shape index (κ2) is 10.8. The Morgan fingerprint density at radius 1 is 1.10 bits per heavy atom. The van der Waals surface area contributed by atoms with E-state index in [0.717, 1.165) is 64.7 Å². The van der Waals surface area contributed by atoms with E-state index in [9.17, 15) is 0 Å². The Balaban J connectivity index is 1.30. The molecular weight excluding hydrogens is 386 g/mol. The largest absolute Gasteiger partial charge is 0.381 e. The van der Waals surface area contributed by atoms with Gasteiger partial charge >= 0.3 is 0 Å². The Labute approximate surface area is 186 Å². The lowest BCUT2D eigenvalue weighted by Crippen LogP contribution is -2.49. The van der Waals surface area contributed by atoms with Gasteiger partial charge in [-0.2, -0.15) is 0 Å². The number of hydrogen-bond acceptors (Lipinski definition) is 3. The highest BCUT2D eigenvalue weighted by atomic mass is 16.5. The first kappa shape index (κ1) is 21.8. The van der Waals surface area contributed by atoms with Gasteiger partial charge in [-0.15, -0.1) is 0 Å². The first-order valence-corrected chi connectivity index (χ1v) is 11.5. The van der Waals surface area contributed by atoms with Gasteiger partial charge in [0.25, 0.3) is 0 Å². The first-order valence-electron chi connectivity index (χ1n) is 11.5. The summed E-state index contributed by atoms with van der Waals surface area (Å²) in [7, 11) is 1.89. The van der Waals surface area contributed by atoms with Crippen LogP contribution in [0.3, 0.4) is 0 Å². The molecule has 5 heteroatoms. The smallest absolute Gasteiger partial charge is 0.193 e. The van der Waals surface area contributed by atoms with E-state index in [1.807, 2.05) is 13.1 Å². The van der Waals surface area contributed by atoms with Gasteiger partial charge in [0.1, 0.15) is 0 Å². The fourth-order valence-corrected chi connectivity index (χ4v) is 4.78. The minimum atomic E-state index is 0.105. The van der Waals surface area contributed by atoms with Crippen molar-refractivity contribution in [1.29, 1.82) is 0 Å². The minimum absolute atomic E-state index is 0.105. The van der Waals surface area contributed by atoms with Gasteiger partial charge in [-0.25, -0.2) is 0 Å². The maximum atomic E-state index is 5.99. The molecule has 2 aromatic rings. The van der Waals surface area contributed by atoms with Crippen molar-refractivity contribution in [2.24, 2.45) is 10.9 Å². The fraction of sp³-hybridized carbons (Fsp3) is 0.500. The molecule has 0 saturated carbocycles. The average molecular weight is 422 g/mol. The quantitative estimate of drug-likeness (QED) is 0.545. The van der Waals surface area contributed by atoms with Crippen LogP contribution in [-0.2, 0) is 21.5 Å². The van der Waals surface area contributed by atoms with Gasteiger partial charge in [0.15, 0.2) is 5.96 Å². The zero-order valence-corrected chi connectivity index (χ0v) is 18.6. The molecule has 2 aromatic carbocycles. The summed E-state index contributed by atoms with van der Waals surface area (Å²) in [4.78, 5) is 6.98. The number of aliphatic imine (C=N–C) groups is 1. The Hall–Kier alpha value is -2.37. The van der Waals surface area contributed by atoms with E-state index in [2.05, 4.69) is 69.8 Å². The first-order chi connectivity index (χ1) is 15.3. The maximum Gasteiger partial charge on any atom is 0.193 e. The zero-order valence-electron chi connectivity index (χ0n) is 18.6. The van der Waals surface area contributed by atoms with Crippen molar-refractivity contribution in [3.05, 3.63) is 71.8 Å². The normalized spacial score (nSPS) is 21.3. The van der Waals surface area contributed by atoms with Crippen LogP contribution < -0.4 is 5.32 Å². The van der Waals surface area contributed by atoms with Gasteiger partial charge in [-0.3, -0.25) is 4.99 Å². The molecule has 1 N–H and O–H groups in total. The van der Waals surface area contributed by atoms with Gasteiger partial charge in [0.05, 0.1) is 13.2 Å². The van der Waals surface area contributed by atoms with Crippen LogP contribution in [-0.4, -0.2) is 57.4 Å². The van der Waals surface area contributed by atoms with Crippen molar-refractivity contribution >= 4 is 5.96 Å². The molecular formula is C26H35N3O2. The zero-order chi connectivity index (χ0) is 21.4. The van der Waals surface area contributed by atoms with Gasteiger partial charge in [-0.05, 0) is 30.4 Å². The van der Waals surface area contributed by atoms with Crippen LogP contribution in [0.25, 0.3) is 0 Å². The van der Waals surface area contributed by atoms with Gasteiger partial charge in [0, 0.05) is 51.2 Å². The van der Waals surface area contributed by atoms with Gasteiger partial charge < -0.3 is 19.7 Å². The highest BCUT2D eigenvalue weighted by Gasteiger charge is 2.35. The third-order valence-electron chi connectivity index (χ3n) is 6.68. The van der Waals surface area contributed by atoms with Crippen LogP contribution in [0.2, 0.25) is 0 Å². The molecule has 0 spiro atoms. The van der Waals surface area contributed by atoms with E-state index in [1.165, 1.54) is 11.1 Å². The number of nitrogens with one attached hydrogen (secondary N) is 1. The molecule has 2 aliphatic heterocycles. The summed E-state index contributed by atoms with van der Waals surface area (Å²) in [6.45, 7) is 6.04. The summed E-state index contributed by atoms with van der Waals surface area (Å²) < 4.78 is 11.7. The number of likely N-dealkylation sites (tertiary alicyclic amines) is 1. The third kappa shape index (κ3) is 5.66. The molecule has 0 aliphatic carbocycles. The van der Waals surface area contributed by atoms with E-state index >= 15 is 0 Å². The van der Waals surface area contributed by atoms with E-state index in [-0.39, 0.29) is 5.41 Å². The van der Waals surface area contributed by atoms with Gasteiger partial charge in [0.2, 0.25) is 0 Å². The summed E-state index contributed by atoms with van der Waals surface area (Å²) >= 11 is 0. The number of ether oxygens (including phenoxy) is 2. The molecule has 5 nitrogen and oxygen atoms in total. The second-order valence-corrected chi connectivity index (χ2v) is 8.76. The topological polar surface area (TPSA) is 46.1 Å². The molecule has 1 atom stereocenters. The Bertz CT molecular complexity index is 819. The Kier molecular flexibility index (Phi) is 7.60. The molecule has 31 heavy (non-hydrogen) atoms. The Morgan fingerprint density at radius 3 is 2.52 bits per heavy atom. The van der Waals surface area contributed by atoms with Crippen LogP contribution in [0.5, 0.6) is 0 Å². The molecule has 4 rings (SSSR count). The molecule has 2 saturated heterocycles. The molecule has 0 amide bonds. The standard InChI is InChI=1S/C26H35N3O2/c1-27-25(28-21-26(13-16-30-17-14-26)24-10-6-3-7-11-24)29-15-12-23(18-29)20-31-19-22-8-4-2-5-9-22/h2-11,23H,12-21H2,1H3,(H,27,28). The van der Waals surface area contributed by atoms with Crippen molar-refractivity contribution in [3.63, 3.8) is 0 Å². The van der Waals surface area contributed by atoms with E-state index in [4.69, 9.17) is 9.47 Å². The molecule has 1 unspecified atom stereocenters. The predicted octanol–water partition coefficient (Wildman–Crippen LogP) is 3.85. The number of hydrogen-bond donors (Lipinski definition) is 1. The molecule has 2 fully saturated rings. The SMILES string of the molecule is CN=C(NCC1(c2ccccc2)CCOCC1)N1CCC(COCc2ccccc2)C1. The van der Waals surface area contributed by atoms with Crippen LogP contribution in [0.4, 0.5) is 0 Å². The van der Waals surface area contributed by atoms with Crippen LogP contribution >= 0.6 is 0 Å². The lowest BCUT2D eigenvalue weighted by molar-refractivity contribution is 0.0511. The fourth-order valence-electron chi connectivity index (χ4n) is 4.78.